The van der Waals surface area contributed by atoms with Crippen LogP contribution in [0, 0.1) is 0 Å². The van der Waals surface area contributed by atoms with Crippen molar-refractivity contribution in [2.24, 2.45) is 0 Å². The van der Waals surface area contributed by atoms with Crippen LogP contribution in [0.4, 0.5) is 0 Å². The number of amides is 1. The highest BCUT2D eigenvalue weighted by Gasteiger charge is 2.17. The third-order valence-corrected chi connectivity index (χ3v) is 8.94. The van der Waals surface area contributed by atoms with Gasteiger partial charge in [-0.1, -0.05) is 192 Å². The molecule has 0 fully saturated rings. The van der Waals surface area contributed by atoms with Crippen molar-refractivity contribution in [2.45, 2.75) is 219 Å². The number of carbonyl (C=O) groups is 1. The molecule has 0 saturated heterocycles. The van der Waals surface area contributed by atoms with Gasteiger partial charge < -0.3 is 15.5 Å². The third-order valence-electron chi connectivity index (χ3n) is 8.94. The summed E-state index contributed by atoms with van der Waals surface area (Å²) < 4.78 is 0. The molecule has 0 bridgehead atoms. The predicted molar refractivity (Wildman–Crippen MR) is 193 cm³/mol. The molecule has 0 radical (unpaired) electrons. The Morgan fingerprint density at radius 2 is 0.886 bits per heavy atom. The number of carbonyl (C=O) groups excluding carboxylic acids is 1. The fraction of sp³-hybridized carbons (Fsp3) is 0.875. The Balaban J connectivity index is 3.62. The lowest BCUT2D eigenvalue weighted by Gasteiger charge is -2.19. The number of hydrogen-bond donors (Lipinski definition) is 3. The van der Waals surface area contributed by atoms with E-state index in [1.54, 1.807) is 6.08 Å². The van der Waals surface area contributed by atoms with E-state index in [0.29, 0.717) is 6.42 Å². The van der Waals surface area contributed by atoms with E-state index in [9.17, 15) is 15.0 Å². The maximum absolute atomic E-state index is 12.3. The first-order chi connectivity index (χ1) is 21.7. The molecule has 0 aromatic heterocycles. The number of aliphatic hydroxyl groups excluding tert-OH is 2. The average molecular weight is 620 g/mol. The summed E-state index contributed by atoms with van der Waals surface area (Å²) in [7, 11) is 0. The van der Waals surface area contributed by atoms with Crippen LogP contribution >= 0.6 is 0 Å². The quantitative estimate of drug-likeness (QED) is 0.0488. The van der Waals surface area contributed by atoms with E-state index in [4.69, 9.17) is 0 Å². The summed E-state index contributed by atoms with van der Waals surface area (Å²) in [5.74, 6) is -0.0741. The first-order valence-corrected chi connectivity index (χ1v) is 19.6. The zero-order valence-corrected chi connectivity index (χ0v) is 29.7. The molecule has 1 amide bonds. The number of rotatable bonds is 35. The summed E-state index contributed by atoms with van der Waals surface area (Å²) in [4.78, 5) is 12.3. The van der Waals surface area contributed by atoms with Gasteiger partial charge in [-0.15, -0.1) is 0 Å². The van der Waals surface area contributed by atoms with Crippen LogP contribution in [0.1, 0.15) is 206 Å². The summed E-state index contributed by atoms with van der Waals surface area (Å²) in [5, 5.41) is 22.9. The first kappa shape index (κ1) is 42.9. The summed E-state index contributed by atoms with van der Waals surface area (Å²) in [5.41, 5.74) is 0. The molecule has 0 rings (SSSR count). The van der Waals surface area contributed by atoms with Crippen LogP contribution in [0.3, 0.4) is 0 Å². The van der Waals surface area contributed by atoms with Crippen molar-refractivity contribution >= 4 is 5.91 Å². The minimum absolute atomic E-state index is 0.0741. The minimum Gasteiger partial charge on any atom is -0.394 e. The Kier molecular flexibility index (Phi) is 35.4. The largest absolute Gasteiger partial charge is 0.394 e. The molecule has 3 N–H and O–H groups in total. The highest BCUT2D eigenvalue weighted by Crippen LogP contribution is 2.14. The topological polar surface area (TPSA) is 69.6 Å². The smallest absolute Gasteiger partial charge is 0.220 e. The van der Waals surface area contributed by atoms with Crippen LogP contribution in [0.5, 0.6) is 0 Å². The van der Waals surface area contributed by atoms with Gasteiger partial charge in [0.1, 0.15) is 0 Å². The number of allylic oxidation sites excluding steroid dienone is 3. The summed E-state index contributed by atoms with van der Waals surface area (Å²) in [6, 6.07) is -0.632. The maximum Gasteiger partial charge on any atom is 0.220 e. The summed E-state index contributed by atoms with van der Waals surface area (Å²) in [6.07, 6.45) is 45.6. The second-order valence-corrected chi connectivity index (χ2v) is 13.3. The van der Waals surface area contributed by atoms with Crippen LogP contribution in [0.25, 0.3) is 0 Å². The molecular weight excluding hydrogens is 542 g/mol. The lowest BCUT2D eigenvalue weighted by molar-refractivity contribution is -0.123. The van der Waals surface area contributed by atoms with E-state index in [2.05, 4.69) is 31.3 Å². The average Bonchev–Trinajstić information content (AvgIpc) is 3.03. The summed E-state index contributed by atoms with van der Waals surface area (Å²) in [6.45, 7) is 4.29. The fourth-order valence-electron chi connectivity index (χ4n) is 5.90. The molecule has 0 aromatic rings. The molecule has 260 valence electrons. The van der Waals surface area contributed by atoms with Crippen molar-refractivity contribution in [2.75, 3.05) is 6.61 Å². The molecule has 0 heterocycles. The normalized spacial score (nSPS) is 13.3. The van der Waals surface area contributed by atoms with Crippen molar-refractivity contribution < 1.29 is 15.0 Å². The highest BCUT2D eigenvalue weighted by molar-refractivity contribution is 5.76. The molecule has 44 heavy (non-hydrogen) atoms. The fourth-order valence-corrected chi connectivity index (χ4v) is 5.90. The first-order valence-electron chi connectivity index (χ1n) is 19.6. The lowest BCUT2D eigenvalue weighted by atomic mass is 10.0. The van der Waals surface area contributed by atoms with Crippen molar-refractivity contribution in [3.05, 3.63) is 24.3 Å². The number of aliphatic hydroxyl groups is 2. The van der Waals surface area contributed by atoms with Gasteiger partial charge in [0, 0.05) is 6.42 Å². The second-order valence-electron chi connectivity index (χ2n) is 13.3. The third kappa shape index (κ3) is 32.3. The Hall–Kier alpha value is -1.13. The van der Waals surface area contributed by atoms with E-state index in [0.717, 1.165) is 32.1 Å². The molecule has 4 heteroatoms. The molecule has 2 unspecified atom stereocenters. The molecule has 0 spiro atoms. The van der Waals surface area contributed by atoms with Crippen LogP contribution in [-0.2, 0) is 4.79 Å². The second kappa shape index (κ2) is 36.3. The zero-order chi connectivity index (χ0) is 32.2. The Morgan fingerprint density at radius 3 is 1.32 bits per heavy atom. The van der Waals surface area contributed by atoms with E-state index in [1.807, 2.05) is 6.08 Å². The van der Waals surface area contributed by atoms with E-state index in [-0.39, 0.29) is 12.5 Å². The van der Waals surface area contributed by atoms with Crippen molar-refractivity contribution in [1.29, 1.82) is 0 Å². The lowest BCUT2D eigenvalue weighted by Crippen LogP contribution is -2.45. The minimum atomic E-state index is -0.856. The molecule has 0 aliphatic rings. The van der Waals surface area contributed by atoms with Gasteiger partial charge in [-0.3, -0.25) is 4.79 Å². The van der Waals surface area contributed by atoms with Gasteiger partial charge >= 0.3 is 0 Å². The molecular formula is C40H77NO3. The monoisotopic (exact) mass is 620 g/mol. The molecule has 2 atom stereocenters. The Bertz CT molecular complexity index is 632. The van der Waals surface area contributed by atoms with Crippen LogP contribution in [0.15, 0.2) is 24.3 Å². The molecule has 0 aliphatic heterocycles. The molecule has 0 aliphatic carbocycles. The van der Waals surface area contributed by atoms with Gasteiger partial charge in [-0.25, -0.2) is 0 Å². The molecule has 4 nitrogen and oxygen atoms in total. The maximum atomic E-state index is 12.3. The van der Waals surface area contributed by atoms with Crippen LogP contribution in [-0.4, -0.2) is 34.9 Å². The Morgan fingerprint density at radius 1 is 0.523 bits per heavy atom. The van der Waals surface area contributed by atoms with Crippen molar-refractivity contribution in [3.63, 3.8) is 0 Å². The number of nitrogens with one attached hydrogen (secondary N) is 1. The van der Waals surface area contributed by atoms with E-state index < -0.39 is 12.1 Å². The van der Waals surface area contributed by atoms with E-state index >= 15 is 0 Å². The van der Waals surface area contributed by atoms with E-state index in [1.165, 1.54) is 154 Å². The van der Waals surface area contributed by atoms with Gasteiger partial charge in [0.05, 0.1) is 18.8 Å². The van der Waals surface area contributed by atoms with Crippen LogP contribution < -0.4 is 5.32 Å². The van der Waals surface area contributed by atoms with Gasteiger partial charge in [0.2, 0.25) is 5.91 Å². The molecule has 0 aromatic carbocycles. The highest BCUT2D eigenvalue weighted by atomic mass is 16.3. The van der Waals surface area contributed by atoms with Gasteiger partial charge in [-0.05, 0) is 32.1 Å². The van der Waals surface area contributed by atoms with Crippen molar-refractivity contribution in [1.82, 2.24) is 5.32 Å². The zero-order valence-electron chi connectivity index (χ0n) is 29.7. The van der Waals surface area contributed by atoms with Crippen molar-refractivity contribution in [3.8, 4) is 0 Å². The Labute approximate surface area is 275 Å². The standard InChI is InChI=1S/C40H77NO3/c1-3-5-7-9-11-13-15-17-18-19-20-21-22-23-24-25-27-29-31-33-35-39(43)38(37-42)41-40(44)36-34-32-30-28-26-16-14-12-10-8-6-4-2/h25,27,33,35,38-39,42-43H,3-24,26,28-32,34,36-37H2,1-2H3,(H,41,44)/b27-25+,35-33+. The molecule has 0 saturated carbocycles. The van der Waals surface area contributed by atoms with Gasteiger partial charge in [-0.2, -0.15) is 0 Å². The summed E-state index contributed by atoms with van der Waals surface area (Å²) >= 11 is 0. The van der Waals surface area contributed by atoms with Crippen LogP contribution in [0.2, 0.25) is 0 Å². The number of unbranched alkanes of at least 4 members (excludes halogenated alkanes) is 26. The SMILES string of the molecule is CCCCCCCCCCCCCCCC/C=C/CC/C=C/C(O)C(CO)NC(=O)CCCCCCCCCCCCCC. The predicted octanol–water partition coefficient (Wildman–Crippen LogP) is 11.7. The van der Waals surface area contributed by atoms with Gasteiger partial charge in [0.25, 0.3) is 0 Å². The number of hydrogen-bond acceptors (Lipinski definition) is 3. The van der Waals surface area contributed by atoms with Gasteiger partial charge in [0.15, 0.2) is 0 Å².